The predicted octanol–water partition coefficient (Wildman–Crippen LogP) is 3.99. The highest BCUT2D eigenvalue weighted by Gasteiger charge is 2.14. The summed E-state index contributed by atoms with van der Waals surface area (Å²) >= 11 is 0. The predicted molar refractivity (Wildman–Crippen MR) is 89.7 cm³/mol. The third-order valence-electron chi connectivity index (χ3n) is 4.41. The van der Waals surface area contributed by atoms with E-state index in [1.807, 2.05) is 0 Å². The van der Waals surface area contributed by atoms with E-state index in [0.717, 1.165) is 31.2 Å². The van der Waals surface area contributed by atoms with Crippen molar-refractivity contribution in [2.24, 2.45) is 5.92 Å². The summed E-state index contributed by atoms with van der Waals surface area (Å²) in [5, 5.41) is 6.87. The van der Waals surface area contributed by atoms with E-state index in [9.17, 15) is 0 Å². The lowest BCUT2D eigenvalue weighted by molar-refractivity contribution is 0.279. The van der Waals surface area contributed by atoms with E-state index in [0.29, 0.717) is 11.8 Å². The van der Waals surface area contributed by atoms with Gasteiger partial charge in [0.1, 0.15) is 5.75 Å². The van der Waals surface area contributed by atoms with Crippen LogP contribution in [-0.4, -0.2) is 23.3 Å². The Morgan fingerprint density at radius 1 is 1.22 bits per heavy atom. The monoisotopic (exact) mass is 315 g/mol. The quantitative estimate of drug-likeness (QED) is 0.798. The van der Waals surface area contributed by atoms with E-state index in [1.54, 1.807) is 6.92 Å². The first-order chi connectivity index (χ1) is 11.3. The Labute approximate surface area is 137 Å². The number of anilines is 1. The van der Waals surface area contributed by atoms with Crippen LogP contribution in [0.1, 0.15) is 43.5 Å². The van der Waals surface area contributed by atoms with Gasteiger partial charge in [-0.15, -0.1) is 0 Å². The minimum atomic E-state index is 0.481. The van der Waals surface area contributed by atoms with Crippen LogP contribution in [0.25, 0.3) is 0 Å². The van der Waals surface area contributed by atoms with Gasteiger partial charge in [0, 0.05) is 6.54 Å². The van der Waals surface area contributed by atoms with Gasteiger partial charge in [-0.05, 0) is 43.4 Å². The second-order valence-corrected chi connectivity index (χ2v) is 6.26. The molecule has 1 aliphatic rings. The first kappa shape index (κ1) is 15.8. The lowest BCUT2D eigenvalue weighted by Gasteiger charge is -2.11. The fraction of sp³-hybridized carbons (Fsp3) is 0.556. The molecule has 124 valence electrons. The standard InChI is InChI=1S/C18H25N3O2/c1-14-20-18(23-21-14)19-12-10-16-6-8-17(9-7-16)22-13-11-15-4-2-3-5-15/h6-9,15H,2-5,10-13H2,1H3,(H,19,20,21). The molecule has 3 rings (SSSR count). The summed E-state index contributed by atoms with van der Waals surface area (Å²) in [7, 11) is 0. The van der Waals surface area contributed by atoms with Crippen molar-refractivity contribution >= 4 is 6.01 Å². The van der Waals surface area contributed by atoms with Crippen LogP contribution in [-0.2, 0) is 6.42 Å². The topological polar surface area (TPSA) is 60.2 Å². The van der Waals surface area contributed by atoms with Crippen LogP contribution < -0.4 is 10.1 Å². The minimum Gasteiger partial charge on any atom is -0.494 e. The molecule has 0 atom stereocenters. The molecule has 1 fully saturated rings. The average Bonchev–Trinajstić information content (AvgIpc) is 3.21. The molecular formula is C18H25N3O2. The van der Waals surface area contributed by atoms with Crippen molar-refractivity contribution in [1.82, 2.24) is 10.1 Å². The molecule has 0 radical (unpaired) electrons. The van der Waals surface area contributed by atoms with Crippen molar-refractivity contribution in [2.75, 3.05) is 18.5 Å². The summed E-state index contributed by atoms with van der Waals surface area (Å²) in [6, 6.07) is 8.83. The van der Waals surface area contributed by atoms with E-state index in [2.05, 4.69) is 39.7 Å². The van der Waals surface area contributed by atoms with E-state index in [4.69, 9.17) is 9.26 Å². The molecule has 5 nitrogen and oxygen atoms in total. The van der Waals surface area contributed by atoms with Gasteiger partial charge in [-0.25, -0.2) is 0 Å². The van der Waals surface area contributed by atoms with Gasteiger partial charge in [0.2, 0.25) is 0 Å². The van der Waals surface area contributed by atoms with Crippen LogP contribution >= 0.6 is 0 Å². The molecule has 1 aromatic carbocycles. The number of hydrogen-bond donors (Lipinski definition) is 1. The maximum absolute atomic E-state index is 5.85. The summed E-state index contributed by atoms with van der Waals surface area (Å²) in [5.41, 5.74) is 1.26. The number of ether oxygens (including phenoxy) is 1. The largest absolute Gasteiger partial charge is 0.494 e. The number of rotatable bonds is 8. The maximum atomic E-state index is 5.85. The van der Waals surface area contributed by atoms with Crippen molar-refractivity contribution < 1.29 is 9.26 Å². The zero-order valence-corrected chi connectivity index (χ0v) is 13.8. The van der Waals surface area contributed by atoms with Crippen LogP contribution in [0.15, 0.2) is 28.8 Å². The van der Waals surface area contributed by atoms with E-state index < -0.39 is 0 Å². The van der Waals surface area contributed by atoms with Gasteiger partial charge in [-0.1, -0.05) is 43.0 Å². The van der Waals surface area contributed by atoms with Crippen molar-refractivity contribution in [3.8, 4) is 5.75 Å². The van der Waals surface area contributed by atoms with Crippen LogP contribution in [0.5, 0.6) is 5.75 Å². The normalized spacial score (nSPS) is 15.0. The number of hydrogen-bond acceptors (Lipinski definition) is 5. The molecule has 0 amide bonds. The second-order valence-electron chi connectivity index (χ2n) is 6.26. The molecule has 1 aromatic heterocycles. The van der Waals surface area contributed by atoms with Crippen LogP contribution in [0.3, 0.4) is 0 Å². The van der Waals surface area contributed by atoms with E-state index in [-0.39, 0.29) is 0 Å². The molecule has 0 bridgehead atoms. The number of nitrogens with zero attached hydrogens (tertiary/aromatic N) is 2. The highest BCUT2D eigenvalue weighted by Crippen LogP contribution is 2.27. The third kappa shape index (κ3) is 4.98. The minimum absolute atomic E-state index is 0.481. The fourth-order valence-electron chi connectivity index (χ4n) is 3.08. The Morgan fingerprint density at radius 3 is 2.70 bits per heavy atom. The van der Waals surface area contributed by atoms with Crippen LogP contribution in [0, 0.1) is 12.8 Å². The van der Waals surface area contributed by atoms with Gasteiger partial charge in [0.05, 0.1) is 6.61 Å². The highest BCUT2D eigenvalue weighted by molar-refractivity contribution is 5.28. The van der Waals surface area contributed by atoms with Crippen molar-refractivity contribution in [3.63, 3.8) is 0 Å². The zero-order valence-electron chi connectivity index (χ0n) is 13.8. The molecule has 1 saturated carbocycles. The van der Waals surface area contributed by atoms with Gasteiger partial charge >= 0.3 is 6.01 Å². The Morgan fingerprint density at radius 2 is 2.00 bits per heavy atom. The van der Waals surface area contributed by atoms with Crippen molar-refractivity contribution in [2.45, 2.75) is 45.4 Å². The molecule has 1 N–H and O–H groups in total. The number of benzene rings is 1. The Balaban J connectivity index is 1.36. The summed E-state index contributed by atoms with van der Waals surface area (Å²) in [5.74, 6) is 2.49. The molecule has 0 saturated heterocycles. The Bertz CT molecular complexity index is 589. The number of nitrogens with one attached hydrogen (secondary N) is 1. The number of aromatic nitrogens is 2. The molecule has 1 aliphatic carbocycles. The molecule has 23 heavy (non-hydrogen) atoms. The fourth-order valence-corrected chi connectivity index (χ4v) is 3.08. The summed E-state index contributed by atoms with van der Waals surface area (Å²) < 4.78 is 10.9. The van der Waals surface area contributed by atoms with E-state index >= 15 is 0 Å². The molecule has 5 heteroatoms. The molecule has 0 spiro atoms. The van der Waals surface area contributed by atoms with E-state index in [1.165, 1.54) is 37.7 Å². The van der Waals surface area contributed by atoms with Gasteiger partial charge in [-0.3, -0.25) is 0 Å². The molecule has 1 heterocycles. The van der Waals surface area contributed by atoms with Gasteiger partial charge in [-0.2, -0.15) is 4.98 Å². The van der Waals surface area contributed by atoms with Gasteiger partial charge < -0.3 is 14.6 Å². The van der Waals surface area contributed by atoms with Crippen LogP contribution in [0.2, 0.25) is 0 Å². The summed E-state index contributed by atoms with van der Waals surface area (Å²) in [6.07, 6.45) is 7.66. The van der Waals surface area contributed by atoms with Crippen molar-refractivity contribution in [1.29, 1.82) is 0 Å². The highest BCUT2D eigenvalue weighted by atomic mass is 16.5. The SMILES string of the molecule is Cc1noc(NCCc2ccc(OCCC3CCCC3)cc2)n1. The van der Waals surface area contributed by atoms with Crippen molar-refractivity contribution in [3.05, 3.63) is 35.7 Å². The molecule has 2 aromatic rings. The van der Waals surface area contributed by atoms with Gasteiger partial charge in [0.25, 0.3) is 0 Å². The third-order valence-corrected chi connectivity index (χ3v) is 4.41. The number of aryl methyl sites for hydroxylation is 1. The zero-order chi connectivity index (χ0) is 15.9. The van der Waals surface area contributed by atoms with Gasteiger partial charge in [0.15, 0.2) is 5.82 Å². The average molecular weight is 315 g/mol. The first-order valence-corrected chi connectivity index (χ1v) is 8.55. The lowest BCUT2D eigenvalue weighted by atomic mass is 10.1. The lowest BCUT2D eigenvalue weighted by Crippen LogP contribution is -2.05. The molecule has 0 unspecified atom stereocenters. The molecular weight excluding hydrogens is 290 g/mol. The first-order valence-electron chi connectivity index (χ1n) is 8.55. The summed E-state index contributed by atoms with van der Waals surface area (Å²) in [4.78, 5) is 4.11. The summed E-state index contributed by atoms with van der Waals surface area (Å²) in [6.45, 7) is 3.41. The maximum Gasteiger partial charge on any atom is 0.321 e. The smallest absolute Gasteiger partial charge is 0.321 e. The van der Waals surface area contributed by atoms with Crippen LogP contribution in [0.4, 0.5) is 6.01 Å². The molecule has 0 aliphatic heterocycles. The Kier molecular flexibility index (Phi) is 5.51. The Hall–Kier alpha value is -2.04. The second kappa shape index (κ2) is 7.99.